The van der Waals surface area contributed by atoms with Crippen molar-refractivity contribution in [1.82, 2.24) is 10.3 Å². The Balaban J connectivity index is 1.43. The fraction of sp³-hybridized carbons (Fsp3) is 0.286. The molecule has 0 saturated carbocycles. The molecule has 1 N–H and O–H groups in total. The zero-order chi connectivity index (χ0) is 19.8. The van der Waals surface area contributed by atoms with Gasteiger partial charge in [0.15, 0.2) is 4.34 Å². The number of benzene rings is 2. The lowest BCUT2D eigenvalue weighted by Gasteiger charge is -2.06. The summed E-state index contributed by atoms with van der Waals surface area (Å²) in [6, 6.07) is 15.8. The van der Waals surface area contributed by atoms with Crippen molar-refractivity contribution >= 4 is 45.2 Å². The van der Waals surface area contributed by atoms with Crippen LogP contribution >= 0.6 is 23.1 Å². The number of thioether (sulfide) groups is 1. The third-order valence-corrected chi connectivity index (χ3v) is 6.42. The number of hydrogen-bond donors (Lipinski definition) is 1. The lowest BCUT2D eigenvalue weighted by molar-refractivity contribution is -0.140. The van der Waals surface area contributed by atoms with Crippen molar-refractivity contribution < 1.29 is 14.3 Å². The van der Waals surface area contributed by atoms with Gasteiger partial charge in [-0.05, 0) is 42.7 Å². The molecule has 3 rings (SSSR count). The number of rotatable bonds is 9. The van der Waals surface area contributed by atoms with E-state index in [1.165, 1.54) is 11.8 Å². The van der Waals surface area contributed by atoms with Gasteiger partial charge in [-0.15, -0.1) is 11.3 Å². The number of unbranched alkanes of at least 4 members (excludes halogenated alkanes) is 1. The van der Waals surface area contributed by atoms with Crippen LogP contribution in [0.3, 0.4) is 0 Å². The van der Waals surface area contributed by atoms with E-state index in [2.05, 4.69) is 21.1 Å². The number of carbonyl (C=O) groups is 2. The number of thiazole rings is 1. The smallest absolute Gasteiger partial charge is 0.305 e. The highest BCUT2D eigenvalue weighted by molar-refractivity contribution is 8.00. The van der Waals surface area contributed by atoms with Crippen LogP contribution in [0.5, 0.6) is 0 Å². The average Bonchev–Trinajstić information content (AvgIpc) is 3.15. The fourth-order valence-electron chi connectivity index (χ4n) is 2.61. The van der Waals surface area contributed by atoms with E-state index in [1.807, 2.05) is 42.5 Å². The van der Waals surface area contributed by atoms with Crippen molar-refractivity contribution in [3.8, 4) is 0 Å². The number of nitrogens with one attached hydrogen (secondary N) is 1. The highest BCUT2D eigenvalue weighted by Gasteiger charge is 2.07. The van der Waals surface area contributed by atoms with E-state index < -0.39 is 0 Å². The molecule has 0 spiro atoms. The zero-order valence-electron chi connectivity index (χ0n) is 15.6. The van der Waals surface area contributed by atoms with Gasteiger partial charge >= 0.3 is 5.97 Å². The summed E-state index contributed by atoms with van der Waals surface area (Å²) in [5.41, 5.74) is 2.83. The molecule has 5 nitrogen and oxygen atoms in total. The number of amides is 1. The number of ether oxygens (including phenoxy) is 1. The maximum Gasteiger partial charge on any atom is 0.305 e. The SMILES string of the molecule is COC(=O)CCCCNC(=O)c1ccc(CSc2nc3ccccc3s2)cc1. The second-order valence-corrected chi connectivity index (χ2v) is 8.48. The molecule has 0 atom stereocenters. The molecule has 2 aromatic carbocycles. The quantitative estimate of drug-likeness (QED) is 0.313. The Morgan fingerprint density at radius 3 is 2.64 bits per heavy atom. The molecule has 0 aliphatic heterocycles. The fourth-order valence-corrected chi connectivity index (χ4v) is 4.63. The van der Waals surface area contributed by atoms with Crippen LogP contribution in [0.1, 0.15) is 35.2 Å². The Kier molecular flexibility index (Phi) is 7.45. The highest BCUT2D eigenvalue weighted by atomic mass is 32.2. The van der Waals surface area contributed by atoms with Crippen LogP contribution in [0, 0.1) is 0 Å². The Morgan fingerprint density at radius 2 is 1.89 bits per heavy atom. The van der Waals surface area contributed by atoms with Gasteiger partial charge in [0.05, 0.1) is 17.3 Å². The zero-order valence-corrected chi connectivity index (χ0v) is 17.3. The lowest BCUT2D eigenvalue weighted by atomic mass is 10.1. The van der Waals surface area contributed by atoms with E-state index in [0.717, 1.165) is 27.6 Å². The average molecular weight is 415 g/mol. The van der Waals surface area contributed by atoms with E-state index >= 15 is 0 Å². The van der Waals surface area contributed by atoms with Crippen LogP contribution in [0.4, 0.5) is 0 Å². The molecule has 0 saturated heterocycles. The minimum Gasteiger partial charge on any atom is -0.469 e. The molecular formula is C21H22N2O3S2. The minimum absolute atomic E-state index is 0.0940. The number of para-hydroxylation sites is 1. The van der Waals surface area contributed by atoms with Gasteiger partial charge in [0.1, 0.15) is 0 Å². The summed E-state index contributed by atoms with van der Waals surface area (Å²) in [5, 5.41) is 2.88. The van der Waals surface area contributed by atoms with Crippen molar-refractivity contribution in [2.24, 2.45) is 0 Å². The molecule has 0 aliphatic rings. The summed E-state index contributed by atoms with van der Waals surface area (Å²) < 4.78 is 6.84. The van der Waals surface area contributed by atoms with Crippen LogP contribution in [0.15, 0.2) is 52.9 Å². The van der Waals surface area contributed by atoms with Crippen LogP contribution < -0.4 is 5.32 Å². The van der Waals surface area contributed by atoms with Gasteiger partial charge in [0.25, 0.3) is 5.91 Å². The molecule has 0 radical (unpaired) electrons. The highest BCUT2D eigenvalue weighted by Crippen LogP contribution is 2.31. The third kappa shape index (κ3) is 5.81. The van der Waals surface area contributed by atoms with Crippen LogP contribution in [0.2, 0.25) is 0 Å². The first-order chi connectivity index (χ1) is 13.7. The largest absolute Gasteiger partial charge is 0.469 e. The van der Waals surface area contributed by atoms with Gasteiger partial charge in [-0.25, -0.2) is 4.98 Å². The summed E-state index contributed by atoms with van der Waals surface area (Å²) >= 11 is 3.41. The summed E-state index contributed by atoms with van der Waals surface area (Å²) in [6.07, 6.45) is 1.83. The predicted octanol–water partition coefficient (Wildman–Crippen LogP) is 4.66. The molecule has 1 amide bonds. The minimum atomic E-state index is -0.217. The van der Waals surface area contributed by atoms with Gasteiger partial charge in [0.2, 0.25) is 0 Å². The monoisotopic (exact) mass is 414 g/mol. The lowest BCUT2D eigenvalue weighted by Crippen LogP contribution is -2.24. The molecule has 28 heavy (non-hydrogen) atoms. The molecule has 1 aromatic heterocycles. The summed E-state index contributed by atoms with van der Waals surface area (Å²) in [7, 11) is 1.38. The maximum absolute atomic E-state index is 12.2. The molecule has 1 heterocycles. The molecule has 3 aromatic rings. The van der Waals surface area contributed by atoms with Gasteiger partial charge in [-0.2, -0.15) is 0 Å². The third-order valence-electron chi connectivity index (χ3n) is 4.17. The van der Waals surface area contributed by atoms with Crippen molar-refractivity contribution in [2.75, 3.05) is 13.7 Å². The number of nitrogens with zero attached hydrogens (tertiary/aromatic N) is 1. The number of fused-ring (bicyclic) bond motifs is 1. The summed E-state index contributed by atoms with van der Waals surface area (Å²) in [6.45, 7) is 0.547. The second-order valence-electron chi connectivity index (χ2n) is 6.22. The molecule has 0 bridgehead atoms. The number of hydrogen-bond acceptors (Lipinski definition) is 6. The number of carbonyl (C=O) groups excluding carboxylic acids is 2. The molecule has 0 aliphatic carbocycles. The van der Waals surface area contributed by atoms with Gasteiger partial charge in [0, 0.05) is 24.3 Å². The van der Waals surface area contributed by atoms with Crippen LogP contribution in [-0.2, 0) is 15.3 Å². The Bertz CT molecular complexity index is 905. The van der Waals surface area contributed by atoms with E-state index in [9.17, 15) is 9.59 Å². The van der Waals surface area contributed by atoms with Crippen LogP contribution in [0.25, 0.3) is 10.2 Å². The normalized spacial score (nSPS) is 10.8. The topological polar surface area (TPSA) is 68.3 Å². The Hall–Kier alpha value is -2.38. The van der Waals surface area contributed by atoms with Crippen molar-refractivity contribution in [2.45, 2.75) is 29.4 Å². The van der Waals surface area contributed by atoms with E-state index in [0.29, 0.717) is 24.9 Å². The van der Waals surface area contributed by atoms with E-state index in [-0.39, 0.29) is 11.9 Å². The van der Waals surface area contributed by atoms with Crippen molar-refractivity contribution in [1.29, 1.82) is 0 Å². The van der Waals surface area contributed by atoms with E-state index in [1.54, 1.807) is 23.1 Å². The van der Waals surface area contributed by atoms with Crippen LogP contribution in [-0.4, -0.2) is 30.5 Å². The summed E-state index contributed by atoms with van der Waals surface area (Å²) in [4.78, 5) is 27.8. The van der Waals surface area contributed by atoms with Gasteiger partial charge in [-0.1, -0.05) is 36.0 Å². The second kappa shape index (κ2) is 10.2. The first kappa shape index (κ1) is 20.4. The van der Waals surface area contributed by atoms with Crippen molar-refractivity contribution in [3.05, 3.63) is 59.7 Å². The standard InChI is InChI=1S/C21H22N2O3S2/c1-26-19(24)8-4-5-13-22-20(25)16-11-9-15(10-12-16)14-27-21-23-17-6-2-3-7-18(17)28-21/h2-3,6-7,9-12H,4-5,8,13-14H2,1H3,(H,22,25). The van der Waals surface area contributed by atoms with Crippen molar-refractivity contribution in [3.63, 3.8) is 0 Å². The molecule has 0 fully saturated rings. The molecule has 146 valence electrons. The number of aromatic nitrogens is 1. The summed E-state index contributed by atoms with van der Waals surface area (Å²) in [5.74, 6) is 0.504. The Labute approximate surface area is 172 Å². The van der Waals surface area contributed by atoms with Gasteiger partial charge in [-0.3, -0.25) is 9.59 Å². The van der Waals surface area contributed by atoms with Gasteiger partial charge < -0.3 is 10.1 Å². The molecule has 7 heteroatoms. The first-order valence-corrected chi connectivity index (χ1v) is 10.9. The number of esters is 1. The maximum atomic E-state index is 12.2. The predicted molar refractivity (Wildman–Crippen MR) is 114 cm³/mol. The Morgan fingerprint density at radius 1 is 1.11 bits per heavy atom. The molecule has 0 unspecified atom stereocenters. The van der Waals surface area contributed by atoms with E-state index in [4.69, 9.17) is 0 Å². The molecular weight excluding hydrogens is 392 g/mol. The number of methoxy groups -OCH3 is 1. The first-order valence-electron chi connectivity index (χ1n) is 9.08.